The maximum atomic E-state index is 12.2. The molecule has 0 spiro atoms. The predicted molar refractivity (Wildman–Crippen MR) is 94.6 cm³/mol. The SMILES string of the molecule is C[C@@H](NC(=O)CCn1ccc2ccccc21)c1cccc(Cl)c1. The van der Waals surface area contributed by atoms with Crippen molar-refractivity contribution in [2.45, 2.75) is 25.9 Å². The van der Waals surface area contributed by atoms with Crippen LogP contribution < -0.4 is 5.32 Å². The average molecular weight is 327 g/mol. The lowest BCUT2D eigenvalue weighted by molar-refractivity contribution is -0.121. The van der Waals surface area contributed by atoms with Crippen LogP contribution in [-0.2, 0) is 11.3 Å². The number of para-hydroxylation sites is 1. The molecule has 0 saturated heterocycles. The molecular formula is C19H19ClN2O. The fourth-order valence-electron chi connectivity index (χ4n) is 2.73. The third kappa shape index (κ3) is 3.74. The predicted octanol–water partition coefficient (Wildman–Crippen LogP) is 4.56. The van der Waals surface area contributed by atoms with E-state index < -0.39 is 0 Å². The summed E-state index contributed by atoms with van der Waals surface area (Å²) in [6, 6.07) is 17.8. The molecule has 1 heterocycles. The van der Waals surface area contributed by atoms with Crippen molar-refractivity contribution in [1.29, 1.82) is 0 Å². The van der Waals surface area contributed by atoms with Crippen molar-refractivity contribution in [2.75, 3.05) is 0 Å². The van der Waals surface area contributed by atoms with Gasteiger partial charge in [0.25, 0.3) is 0 Å². The number of fused-ring (bicyclic) bond motifs is 1. The first-order valence-electron chi connectivity index (χ1n) is 7.72. The quantitative estimate of drug-likeness (QED) is 0.732. The minimum atomic E-state index is -0.0531. The first-order chi connectivity index (χ1) is 11.1. The van der Waals surface area contributed by atoms with Gasteiger partial charge in [-0.05, 0) is 42.1 Å². The van der Waals surface area contributed by atoms with Crippen LogP contribution in [0.2, 0.25) is 5.02 Å². The third-order valence-corrected chi connectivity index (χ3v) is 4.22. The molecule has 0 aliphatic rings. The van der Waals surface area contributed by atoms with Gasteiger partial charge in [-0.15, -0.1) is 0 Å². The number of aryl methyl sites for hydroxylation is 1. The van der Waals surface area contributed by atoms with E-state index in [-0.39, 0.29) is 11.9 Å². The number of aromatic nitrogens is 1. The molecule has 3 aromatic rings. The van der Waals surface area contributed by atoms with Crippen LogP contribution in [0.25, 0.3) is 10.9 Å². The first-order valence-corrected chi connectivity index (χ1v) is 8.10. The summed E-state index contributed by atoms with van der Waals surface area (Å²) in [6.45, 7) is 2.64. The molecule has 0 unspecified atom stereocenters. The average Bonchev–Trinajstić information content (AvgIpc) is 2.96. The number of carbonyl (C=O) groups is 1. The lowest BCUT2D eigenvalue weighted by Gasteiger charge is -2.15. The molecule has 3 nitrogen and oxygen atoms in total. The summed E-state index contributed by atoms with van der Waals surface area (Å²) in [4.78, 5) is 12.2. The highest BCUT2D eigenvalue weighted by Gasteiger charge is 2.10. The van der Waals surface area contributed by atoms with Gasteiger partial charge in [0.05, 0.1) is 6.04 Å². The van der Waals surface area contributed by atoms with Crippen LogP contribution in [0.1, 0.15) is 24.9 Å². The molecule has 3 rings (SSSR count). The van der Waals surface area contributed by atoms with Gasteiger partial charge in [0, 0.05) is 29.7 Å². The van der Waals surface area contributed by atoms with E-state index in [0.717, 1.165) is 11.1 Å². The summed E-state index contributed by atoms with van der Waals surface area (Å²) in [7, 11) is 0. The second-order valence-electron chi connectivity index (χ2n) is 5.66. The van der Waals surface area contributed by atoms with Gasteiger partial charge in [0.15, 0.2) is 0 Å². The Balaban J connectivity index is 1.59. The Morgan fingerprint density at radius 3 is 2.83 bits per heavy atom. The number of amides is 1. The van der Waals surface area contributed by atoms with Crippen molar-refractivity contribution in [1.82, 2.24) is 9.88 Å². The number of nitrogens with zero attached hydrogens (tertiary/aromatic N) is 1. The van der Waals surface area contributed by atoms with E-state index in [0.29, 0.717) is 18.0 Å². The van der Waals surface area contributed by atoms with E-state index in [1.54, 1.807) is 0 Å². The van der Waals surface area contributed by atoms with Gasteiger partial charge in [-0.25, -0.2) is 0 Å². The Bertz CT molecular complexity index is 825. The number of rotatable bonds is 5. The van der Waals surface area contributed by atoms with Crippen LogP contribution in [0.5, 0.6) is 0 Å². The molecule has 0 radical (unpaired) electrons. The van der Waals surface area contributed by atoms with Gasteiger partial charge in [0.2, 0.25) is 5.91 Å². The Kier molecular flexibility index (Phi) is 4.68. The van der Waals surface area contributed by atoms with Gasteiger partial charge < -0.3 is 9.88 Å². The highest BCUT2D eigenvalue weighted by molar-refractivity contribution is 6.30. The molecule has 1 amide bonds. The van der Waals surface area contributed by atoms with Crippen LogP contribution in [-0.4, -0.2) is 10.5 Å². The van der Waals surface area contributed by atoms with E-state index in [9.17, 15) is 4.79 Å². The van der Waals surface area contributed by atoms with Crippen molar-refractivity contribution in [2.24, 2.45) is 0 Å². The number of hydrogen-bond acceptors (Lipinski definition) is 1. The number of nitrogens with one attached hydrogen (secondary N) is 1. The molecule has 2 aromatic carbocycles. The normalized spacial score (nSPS) is 12.3. The fraction of sp³-hybridized carbons (Fsp3) is 0.211. The van der Waals surface area contributed by atoms with Crippen LogP contribution in [0.3, 0.4) is 0 Å². The molecule has 1 N–H and O–H groups in total. The molecule has 0 aliphatic heterocycles. The molecule has 0 fully saturated rings. The van der Waals surface area contributed by atoms with E-state index in [2.05, 4.69) is 28.1 Å². The van der Waals surface area contributed by atoms with Crippen molar-refractivity contribution in [3.05, 3.63) is 71.4 Å². The number of halogens is 1. The Hall–Kier alpha value is -2.26. The second kappa shape index (κ2) is 6.88. The van der Waals surface area contributed by atoms with Crippen LogP contribution >= 0.6 is 11.6 Å². The number of benzene rings is 2. The molecule has 1 atom stereocenters. The van der Waals surface area contributed by atoms with Crippen molar-refractivity contribution in [3.63, 3.8) is 0 Å². The third-order valence-electron chi connectivity index (χ3n) is 3.99. The molecule has 0 saturated carbocycles. The summed E-state index contributed by atoms with van der Waals surface area (Å²) in [6.07, 6.45) is 2.47. The summed E-state index contributed by atoms with van der Waals surface area (Å²) in [5.41, 5.74) is 2.17. The van der Waals surface area contributed by atoms with Gasteiger partial charge in [-0.2, -0.15) is 0 Å². The van der Waals surface area contributed by atoms with Gasteiger partial charge in [-0.3, -0.25) is 4.79 Å². The fourth-order valence-corrected chi connectivity index (χ4v) is 2.93. The van der Waals surface area contributed by atoms with Gasteiger partial charge in [-0.1, -0.05) is 41.9 Å². The lowest BCUT2D eigenvalue weighted by Crippen LogP contribution is -2.27. The van der Waals surface area contributed by atoms with E-state index in [1.807, 2.05) is 49.5 Å². The number of carbonyl (C=O) groups excluding carboxylic acids is 1. The lowest BCUT2D eigenvalue weighted by atomic mass is 10.1. The summed E-state index contributed by atoms with van der Waals surface area (Å²) < 4.78 is 2.11. The molecule has 1 aromatic heterocycles. The second-order valence-corrected chi connectivity index (χ2v) is 6.10. The zero-order valence-electron chi connectivity index (χ0n) is 13.0. The first kappa shape index (κ1) is 15.6. The Morgan fingerprint density at radius 1 is 1.17 bits per heavy atom. The Labute approximate surface area is 140 Å². The van der Waals surface area contributed by atoms with Crippen LogP contribution in [0.15, 0.2) is 60.8 Å². The van der Waals surface area contributed by atoms with Crippen molar-refractivity contribution >= 4 is 28.4 Å². The molecule has 0 bridgehead atoms. The van der Waals surface area contributed by atoms with Crippen LogP contribution in [0, 0.1) is 0 Å². The minimum absolute atomic E-state index is 0.0373. The van der Waals surface area contributed by atoms with Crippen molar-refractivity contribution in [3.8, 4) is 0 Å². The molecular weight excluding hydrogens is 308 g/mol. The topological polar surface area (TPSA) is 34.0 Å². The largest absolute Gasteiger partial charge is 0.350 e. The van der Waals surface area contributed by atoms with E-state index in [1.165, 1.54) is 5.39 Å². The maximum Gasteiger partial charge on any atom is 0.222 e. The highest BCUT2D eigenvalue weighted by atomic mass is 35.5. The van der Waals surface area contributed by atoms with Gasteiger partial charge in [0.1, 0.15) is 0 Å². The summed E-state index contributed by atoms with van der Waals surface area (Å²) >= 11 is 5.99. The number of hydrogen-bond donors (Lipinski definition) is 1. The molecule has 0 aliphatic carbocycles. The summed E-state index contributed by atoms with van der Waals surface area (Å²) in [5, 5.41) is 4.90. The summed E-state index contributed by atoms with van der Waals surface area (Å²) in [5.74, 6) is 0.0373. The van der Waals surface area contributed by atoms with E-state index in [4.69, 9.17) is 11.6 Å². The molecule has 23 heavy (non-hydrogen) atoms. The smallest absolute Gasteiger partial charge is 0.222 e. The maximum absolute atomic E-state index is 12.2. The Morgan fingerprint density at radius 2 is 2.00 bits per heavy atom. The molecule has 118 valence electrons. The van der Waals surface area contributed by atoms with Crippen molar-refractivity contribution < 1.29 is 4.79 Å². The highest BCUT2D eigenvalue weighted by Crippen LogP contribution is 2.18. The monoisotopic (exact) mass is 326 g/mol. The minimum Gasteiger partial charge on any atom is -0.350 e. The zero-order chi connectivity index (χ0) is 16.2. The molecule has 4 heteroatoms. The van der Waals surface area contributed by atoms with E-state index >= 15 is 0 Å². The zero-order valence-corrected chi connectivity index (χ0v) is 13.8. The standard InChI is InChI=1S/C19H19ClN2O/c1-14(16-6-4-7-17(20)13-16)21-19(23)10-12-22-11-9-15-5-2-3-8-18(15)22/h2-9,11,13-14H,10,12H2,1H3,(H,21,23)/t14-/m1/s1. The van der Waals surface area contributed by atoms with Gasteiger partial charge >= 0.3 is 0 Å². The van der Waals surface area contributed by atoms with Crippen LogP contribution in [0.4, 0.5) is 0 Å².